The van der Waals surface area contributed by atoms with Gasteiger partial charge >= 0.3 is 5.97 Å². The summed E-state index contributed by atoms with van der Waals surface area (Å²) < 4.78 is 5.23. The highest BCUT2D eigenvalue weighted by Crippen LogP contribution is 2.35. The summed E-state index contributed by atoms with van der Waals surface area (Å²) in [6, 6.07) is 6.58. The summed E-state index contributed by atoms with van der Waals surface area (Å²) in [7, 11) is 0. The molecule has 4 atom stereocenters. The summed E-state index contributed by atoms with van der Waals surface area (Å²) >= 11 is 0. The molecule has 0 spiro atoms. The smallest absolute Gasteiger partial charge is 0.311 e. The zero-order valence-corrected chi connectivity index (χ0v) is 17.8. The Kier molecular flexibility index (Phi) is 6.90. The number of likely N-dealkylation sites (tertiary alicyclic amines) is 1. The Morgan fingerprint density at radius 3 is 2.50 bits per heavy atom. The Labute approximate surface area is 177 Å². The quantitative estimate of drug-likeness (QED) is 0.570. The molecule has 1 saturated heterocycles. The van der Waals surface area contributed by atoms with Gasteiger partial charge < -0.3 is 15.0 Å². The van der Waals surface area contributed by atoms with E-state index in [0.29, 0.717) is 29.6 Å². The molecule has 1 heterocycles. The van der Waals surface area contributed by atoms with Gasteiger partial charge in [0.05, 0.1) is 5.92 Å². The maximum absolute atomic E-state index is 12.5. The molecule has 1 N–H and O–H groups in total. The van der Waals surface area contributed by atoms with Crippen LogP contribution in [0.2, 0.25) is 0 Å². The fourth-order valence-corrected chi connectivity index (χ4v) is 4.48. The van der Waals surface area contributed by atoms with Crippen LogP contribution in [-0.2, 0) is 19.1 Å². The molecule has 0 aromatic heterocycles. The summed E-state index contributed by atoms with van der Waals surface area (Å²) in [6.07, 6.45) is 3.41. The van der Waals surface area contributed by atoms with Gasteiger partial charge in [0.2, 0.25) is 11.8 Å². The number of ether oxygens (including phenoxy) is 1. The lowest BCUT2D eigenvalue weighted by molar-refractivity contribution is -0.147. The number of carbonyl (C=O) groups is 4. The minimum atomic E-state index is -0.517. The molecule has 1 aromatic carbocycles. The Morgan fingerprint density at radius 1 is 1.13 bits per heavy atom. The van der Waals surface area contributed by atoms with Crippen LogP contribution >= 0.6 is 0 Å². The van der Waals surface area contributed by atoms with Crippen molar-refractivity contribution in [3.05, 3.63) is 29.8 Å². The van der Waals surface area contributed by atoms with Crippen LogP contribution in [0.5, 0.6) is 0 Å². The standard InChI is InChI=1S/C23H30N2O5/c1-14-5-4-6-20(15(14)2)25-12-18(11-22(25)28)23(29)30-13-21(27)17-7-9-19(10-8-17)24-16(3)26/h7-10,14-15,18,20H,4-6,11-13H2,1-3H3,(H,24,26)/t14-,15-,18-,20+/m1/s1. The molecule has 1 saturated carbocycles. The number of carbonyl (C=O) groups excluding carboxylic acids is 4. The molecule has 1 aromatic rings. The van der Waals surface area contributed by atoms with Crippen LogP contribution in [0.3, 0.4) is 0 Å². The van der Waals surface area contributed by atoms with Crippen LogP contribution in [0.15, 0.2) is 24.3 Å². The minimum Gasteiger partial charge on any atom is -0.457 e. The molecule has 2 fully saturated rings. The number of anilines is 1. The van der Waals surface area contributed by atoms with Crippen molar-refractivity contribution in [2.45, 2.75) is 52.5 Å². The van der Waals surface area contributed by atoms with E-state index in [9.17, 15) is 19.2 Å². The van der Waals surface area contributed by atoms with Crippen LogP contribution in [0.25, 0.3) is 0 Å². The first-order chi connectivity index (χ1) is 14.3. The van der Waals surface area contributed by atoms with Gasteiger partial charge in [0.15, 0.2) is 12.4 Å². The first kappa shape index (κ1) is 22.0. The Balaban J connectivity index is 1.52. The van der Waals surface area contributed by atoms with Gasteiger partial charge in [0.25, 0.3) is 0 Å². The van der Waals surface area contributed by atoms with E-state index in [-0.39, 0.29) is 36.7 Å². The van der Waals surface area contributed by atoms with Crippen molar-refractivity contribution in [1.82, 2.24) is 4.90 Å². The van der Waals surface area contributed by atoms with Crippen LogP contribution in [-0.4, -0.2) is 47.7 Å². The van der Waals surface area contributed by atoms with Crippen LogP contribution in [0, 0.1) is 17.8 Å². The first-order valence-corrected chi connectivity index (χ1v) is 10.6. The number of hydrogen-bond donors (Lipinski definition) is 1. The number of ketones is 1. The number of amides is 2. The minimum absolute atomic E-state index is 0.00258. The van der Waals surface area contributed by atoms with E-state index < -0.39 is 11.9 Å². The van der Waals surface area contributed by atoms with Gasteiger partial charge in [0, 0.05) is 37.2 Å². The molecule has 1 aliphatic heterocycles. The van der Waals surface area contributed by atoms with E-state index >= 15 is 0 Å². The first-order valence-electron chi connectivity index (χ1n) is 10.6. The summed E-state index contributed by atoms with van der Waals surface area (Å²) in [5, 5.41) is 2.63. The number of nitrogens with zero attached hydrogens (tertiary/aromatic N) is 1. The third-order valence-corrected chi connectivity index (χ3v) is 6.43. The lowest BCUT2D eigenvalue weighted by atomic mass is 9.77. The molecular weight excluding hydrogens is 384 g/mol. The maximum Gasteiger partial charge on any atom is 0.311 e. The van der Waals surface area contributed by atoms with E-state index in [2.05, 4.69) is 19.2 Å². The van der Waals surface area contributed by atoms with Crippen molar-refractivity contribution in [3.8, 4) is 0 Å². The molecule has 7 nitrogen and oxygen atoms in total. The van der Waals surface area contributed by atoms with Gasteiger partial charge in [-0.15, -0.1) is 0 Å². The van der Waals surface area contributed by atoms with Crippen molar-refractivity contribution in [1.29, 1.82) is 0 Å². The Hall–Kier alpha value is -2.70. The second-order valence-corrected chi connectivity index (χ2v) is 8.57. The van der Waals surface area contributed by atoms with Gasteiger partial charge in [-0.3, -0.25) is 19.2 Å². The van der Waals surface area contributed by atoms with Gasteiger partial charge in [-0.05, 0) is 42.5 Å². The van der Waals surface area contributed by atoms with Crippen molar-refractivity contribution >= 4 is 29.3 Å². The highest BCUT2D eigenvalue weighted by atomic mass is 16.5. The lowest BCUT2D eigenvalue weighted by Crippen LogP contribution is -2.45. The molecule has 3 rings (SSSR count). The molecule has 2 amide bonds. The molecule has 30 heavy (non-hydrogen) atoms. The molecule has 0 radical (unpaired) electrons. The third-order valence-electron chi connectivity index (χ3n) is 6.43. The Bertz CT molecular complexity index is 819. The normalized spacial score (nSPS) is 26.4. The van der Waals surface area contributed by atoms with Crippen molar-refractivity contribution < 1.29 is 23.9 Å². The van der Waals surface area contributed by atoms with Crippen molar-refractivity contribution in [2.24, 2.45) is 17.8 Å². The monoisotopic (exact) mass is 414 g/mol. The molecule has 0 unspecified atom stereocenters. The average molecular weight is 415 g/mol. The van der Waals surface area contributed by atoms with Crippen molar-refractivity contribution in [3.63, 3.8) is 0 Å². The third kappa shape index (κ3) is 5.07. The number of rotatable bonds is 6. The van der Waals surface area contributed by atoms with Crippen LogP contribution in [0.4, 0.5) is 5.69 Å². The second-order valence-electron chi connectivity index (χ2n) is 8.57. The fraction of sp³-hybridized carbons (Fsp3) is 0.565. The zero-order chi connectivity index (χ0) is 21.8. The molecule has 162 valence electrons. The fourth-order valence-electron chi connectivity index (χ4n) is 4.48. The van der Waals surface area contributed by atoms with E-state index in [4.69, 9.17) is 4.74 Å². The van der Waals surface area contributed by atoms with Gasteiger partial charge in [-0.1, -0.05) is 26.7 Å². The number of nitrogens with one attached hydrogen (secondary N) is 1. The largest absolute Gasteiger partial charge is 0.457 e. The zero-order valence-electron chi connectivity index (χ0n) is 17.8. The predicted octanol–water partition coefficient (Wildman–Crippen LogP) is 3.04. The molecule has 2 aliphatic rings. The van der Waals surface area contributed by atoms with Crippen molar-refractivity contribution in [2.75, 3.05) is 18.5 Å². The average Bonchev–Trinajstić information content (AvgIpc) is 3.09. The molecule has 7 heteroatoms. The Morgan fingerprint density at radius 2 is 1.83 bits per heavy atom. The topological polar surface area (TPSA) is 92.8 Å². The molecule has 0 bridgehead atoms. The number of esters is 1. The number of benzene rings is 1. The molecule has 1 aliphatic carbocycles. The number of Topliss-reactive ketones (excluding diaryl/α,β-unsaturated/α-hetero) is 1. The SMILES string of the molecule is CC(=O)Nc1ccc(C(=O)COC(=O)[C@@H]2CC(=O)N([C@H]3CCC[C@@H](C)[C@H]3C)C2)cc1. The summed E-state index contributed by atoms with van der Waals surface area (Å²) in [5.74, 6) is -0.546. The summed E-state index contributed by atoms with van der Waals surface area (Å²) in [4.78, 5) is 50.2. The van der Waals surface area contributed by atoms with E-state index in [1.54, 1.807) is 24.3 Å². The lowest BCUT2D eigenvalue weighted by Gasteiger charge is -2.39. The maximum atomic E-state index is 12.5. The summed E-state index contributed by atoms with van der Waals surface area (Å²) in [5.41, 5.74) is 0.984. The van der Waals surface area contributed by atoms with E-state index in [1.807, 2.05) is 4.90 Å². The van der Waals surface area contributed by atoms with Gasteiger partial charge in [-0.2, -0.15) is 0 Å². The molecular formula is C23H30N2O5. The second kappa shape index (κ2) is 9.41. The summed E-state index contributed by atoms with van der Waals surface area (Å²) in [6.45, 7) is 5.82. The predicted molar refractivity (Wildman–Crippen MR) is 112 cm³/mol. The van der Waals surface area contributed by atoms with E-state index in [0.717, 1.165) is 12.8 Å². The highest BCUT2D eigenvalue weighted by molar-refractivity contribution is 5.99. The van der Waals surface area contributed by atoms with Crippen LogP contribution < -0.4 is 5.32 Å². The van der Waals surface area contributed by atoms with E-state index in [1.165, 1.54) is 13.3 Å². The number of hydrogen-bond acceptors (Lipinski definition) is 5. The van der Waals surface area contributed by atoms with Crippen LogP contribution in [0.1, 0.15) is 56.8 Å². The van der Waals surface area contributed by atoms with Gasteiger partial charge in [-0.25, -0.2) is 0 Å². The van der Waals surface area contributed by atoms with Gasteiger partial charge in [0.1, 0.15) is 0 Å². The highest BCUT2D eigenvalue weighted by Gasteiger charge is 2.42.